The fraction of sp³-hybridized carbons (Fsp3) is 0.467. The van der Waals surface area contributed by atoms with E-state index in [1.54, 1.807) is 6.07 Å². The van der Waals surface area contributed by atoms with Crippen LogP contribution in [0, 0.1) is 0 Å². The van der Waals surface area contributed by atoms with Gasteiger partial charge >= 0.3 is 0 Å². The molecule has 0 saturated heterocycles. The fourth-order valence-corrected chi connectivity index (χ4v) is 4.88. The lowest BCUT2D eigenvalue weighted by Crippen LogP contribution is -2.34. The first kappa shape index (κ1) is 15.2. The largest absolute Gasteiger partial charge is 0.310 e. The molecule has 0 radical (unpaired) electrons. The summed E-state index contributed by atoms with van der Waals surface area (Å²) in [4.78, 5) is 0.355. The molecule has 3 rings (SSSR count). The van der Waals surface area contributed by atoms with Gasteiger partial charge in [-0.2, -0.15) is 4.31 Å². The van der Waals surface area contributed by atoms with Crippen LogP contribution < -0.4 is 5.32 Å². The van der Waals surface area contributed by atoms with Crippen molar-refractivity contribution in [1.29, 1.82) is 0 Å². The summed E-state index contributed by atoms with van der Waals surface area (Å²) >= 11 is 3.42. The fourth-order valence-electron chi connectivity index (χ4n) is 2.39. The summed E-state index contributed by atoms with van der Waals surface area (Å²) in [6, 6.07) is 6.16. The van der Waals surface area contributed by atoms with Crippen molar-refractivity contribution in [3.8, 4) is 0 Å². The van der Waals surface area contributed by atoms with Gasteiger partial charge in [0, 0.05) is 30.1 Å². The van der Waals surface area contributed by atoms with Crippen molar-refractivity contribution in [3.05, 3.63) is 40.4 Å². The van der Waals surface area contributed by atoms with Crippen molar-refractivity contribution in [3.63, 3.8) is 0 Å². The molecule has 0 atom stereocenters. The topological polar surface area (TPSA) is 49.4 Å². The Hall–Kier alpha value is -0.690. The number of hydrogen-bond acceptors (Lipinski definition) is 3. The van der Waals surface area contributed by atoms with E-state index < -0.39 is 10.0 Å². The third-order valence-corrected chi connectivity index (χ3v) is 6.65. The second-order valence-electron chi connectivity index (χ2n) is 5.54. The molecule has 1 aliphatic heterocycles. The van der Waals surface area contributed by atoms with Gasteiger partial charge in [0.2, 0.25) is 10.0 Å². The minimum Gasteiger partial charge on any atom is -0.310 e. The molecule has 21 heavy (non-hydrogen) atoms. The highest BCUT2D eigenvalue weighted by Crippen LogP contribution is 2.27. The van der Waals surface area contributed by atoms with Crippen LogP contribution in [0.2, 0.25) is 0 Å². The van der Waals surface area contributed by atoms with Gasteiger partial charge in [-0.1, -0.05) is 18.2 Å². The van der Waals surface area contributed by atoms with Gasteiger partial charge in [-0.25, -0.2) is 8.42 Å². The van der Waals surface area contributed by atoms with Crippen LogP contribution >= 0.6 is 15.9 Å². The standard InChI is InChI=1S/C15H19BrN2O2S/c16-14-10-12(11-17-13-5-6-13)4-7-15(14)21(19,20)18-8-2-1-3-9-18/h1-2,4,7,10,13,17H,3,5-6,8-9,11H2. The Morgan fingerprint density at radius 3 is 2.71 bits per heavy atom. The van der Waals surface area contributed by atoms with Gasteiger partial charge < -0.3 is 5.32 Å². The van der Waals surface area contributed by atoms with Crippen molar-refractivity contribution in [1.82, 2.24) is 9.62 Å². The van der Waals surface area contributed by atoms with Crippen LogP contribution in [0.3, 0.4) is 0 Å². The van der Waals surface area contributed by atoms with Crippen LogP contribution in [0.1, 0.15) is 24.8 Å². The normalized spacial score (nSPS) is 19.9. The minimum atomic E-state index is -3.41. The lowest BCUT2D eigenvalue weighted by atomic mass is 10.2. The minimum absolute atomic E-state index is 0.355. The Labute approximate surface area is 134 Å². The number of hydrogen-bond donors (Lipinski definition) is 1. The maximum Gasteiger partial charge on any atom is 0.244 e. The van der Waals surface area contributed by atoms with Crippen molar-refractivity contribution >= 4 is 26.0 Å². The molecule has 0 spiro atoms. The first-order chi connectivity index (χ1) is 10.1. The number of rotatable bonds is 5. The summed E-state index contributed by atoms with van der Waals surface area (Å²) in [5, 5.41) is 3.43. The maximum absolute atomic E-state index is 12.6. The zero-order valence-electron chi connectivity index (χ0n) is 11.8. The third kappa shape index (κ3) is 3.56. The summed E-state index contributed by atoms with van der Waals surface area (Å²) in [6.07, 6.45) is 7.20. The molecule has 0 amide bonds. The van der Waals surface area contributed by atoms with E-state index >= 15 is 0 Å². The van der Waals surface area contributed by atoms with Gasteiger partial charge in [0.05, 0.1) is 4.90 Å². The van der Waals surface area contributed by atoms with Gasteiger partial charge in [-0.05, 0) is 52.9 Å². The summed E-state index contributed by atoms with van der Waals surface area (Å²) in [6.45, 7) is 1.80. The molecule has 1 fully saturated rings. The van der Waals surface area contributed by atoms with Crippen LogP contribution in [0.15, 0.2) is 39.7 Å². The number of halogens is 1. The first-order valence-electron chi connectivity index (χ1n) is 7.24. The molecule has 0 unspecified atom stereocenters. The van der Waals surface area contributed by atoms with Gasteiger partial charge in [-0.15, -0.1) is 0 Å². The predicted molar refractivity (Wildman–Crippen MR) is 86.5 cm³/mol. The Kier molecular flexibility index (Phi) is 4.49. The molecule has 1 aromatic carbocycles. The van der Waals surface area contributed by atoms with Crippen molar-refractivity contribution in [2.75, 3.05) is 13.1 Å². The van der Waals surface area contributed by atoms with E-state index in [0.717, 1.165) is 18.5 Å². The number of nitrogens with one attached hydrogen (secondary N) is 1. The highest BCUT2D eigenvalue weighted by Gasteiger charge is 2.26. The summed E-state index contributed by atoms with van der Waals surface area (Å²) in [7, 11) is -3.41. The average Bonchev–Trinajstić information content (AvgIpc) is 3.30. The van der Waals surface area contributed by atoms with Gasteiger partial charge in [0.1, 0.15) is 0 Å². The van der Waals surface area contributed by atoms with Crippen LogP contribution in [0.5, 0.6) is 0 Å². The lowest BCUT2D eigenvalue weighted by molar-refractivity contribution is 0.437. The molecule has 1 saturated carbocycles. The molecule has 0 aromatic heterocycles. The van der Waals surface area contributed by atoms with Crippen LogP contribution in [-0.2, 0) is 16.6 Å². The Bertz CT molecular complexity index is 654. The summed E-state index contributed by atoms with van der Waals surface area (Å²) in [5.74, 6) is 0. The molecular formula is C15H19BrN2O2S. The summed E-state index contributed by atoms with van der Waals surface area (Å²) in [5.41, 5.74) is 1.10. The van der Waals surface area contributed by atoms with Gasteiger partial charge in [-0.3, -0.25) is 0 Å². The van der Waals surface area contributed by atoms with Crippen LogP contribution in [0.4, 0.5) is 0 Å². The van der Waals surface area contributed by atoms with E-state index in [9.17, 15) is 8.42 Å². The number of sulfonamides is 1. The van der Waals surface area contributed by atoms with E-state index in [0.29, 0.717) is 28.5 Å². The zero-order chi connectivity index (χ0) is 14.9. The molecule has 1 aromatic rings. The third-order valence-electron chi connectivity index (χ3n) is 3.81. The molecule has 6 heteroatoms. The average molecular weight is 371 g/mol. The molecule has 1 aliphatic carbocycles. The quantitative estimate of drug-likeness (QED) is 0.810. The molecule has 2 aliphatic rings. The zero-order valence-corrected chi connectivity index (χ0v) is 14.2. The molecule has 0 bridgehead atoms. The van der Waals surface area contributed by atoms with Crippen LogP contribution in [-0.4, -0.2) is 31.9 Å². The van der Waals surface area contributed by atoms with Crippen LogP contribution in [0.25, 0.3) is 0 Å². The number of benzene rings is 1. The molecule has 4 nitrogen and oxygen atoms in total. The second-order valence-corrected chi connectivity index (χ2v) is 8.30. The van der Waals surface area contributed by atoms with Crippen molar-refractivity contribution in [2.45, 2.75) is 36.7 Å². The highest BCUT2D eigenvalue weighted by atomic mass is 79.9. The SMILES string of the molecule is O=S(=O)(c1ccc(CNC2CC2)cc1Br)N1CC=CCC1. The van der Waals surface area contributed by atoms with Gasteiger partial charge in [0.15, 0.2) is 0 Å². The smallest absolute Gasteiger partial charge is 0.244 e. The molecule has 114 valence electrons. The van der Waals surface area contributed by atoms with Crippen molar-refractivity contribution < 1.29 is 8.42 Å². The second kappa shape index (κ2) is 6.20. The maximum atomic E-state index is 12.6. The molecular weight excluding hydrogens is 352 g/mol. The lowest BCUT2D eigenvalue weighted by Gasteiger charge is -2.23. The predicted octanol–water partition coefficient (Wildman–Crippen LogP) is 2.65. The number of nitrogens with zero attached hydrogens (tertiary/aromatic N) is 1. The Morgan fingerprint density at radius 2 is 2.10 bits per heavy atom. The van der Waals surface area contributed by atoms with E-state index in [4.69, 9.17) is 0 Å². The summed E-state index contributed by atoms with van der Waals surface area (Å²) < 4.78 is 27.5. The van der Waals surface area contributed by atoms with E-state index in [2.05, 4.69) is 21.2 Å². The van der Waals surface area contributed by atoms with E-state index in [1.165, 1.54) is 17.1 Å². The highest BCUT2D eigenvalue weighted by molar-refractivity contribution is 9.10. The van der Waals surface area contributed by atoms with Crippen molar-refractivity contribution in [2.24, 2.45) is 0 Å². The Balaban J connectivity index is 1.78. The molecule has 1 heterocycles. The monoisotopic (exact) mass is 370 g/mol. The van der Waals surface area contributed by atoms with Gasteiger partial charge in [0.25, 0.3) is 0 Å². The first-order valence-corrected chi connectivity index (χ1v) is 9.47. The van der Waals surface area contributed by atoms with E-state index in [1.807, 2.05) is 24.3 Å². The molecule has 1 N–H and O–H groups in total. The van der Waals surface area contributed by atoms with E-state index in [-0.39, 0.29) is 0 Å². The Morgan fingerprint density at radius 1 is 1.29 bits per heavy atom.